The molecule has 1 aliphatic carbocycles. The number of sulfonamides is 1. The molecule has 10 heteroatoms. The van der Waals surface area contributed by atoms with Gasteiger partial charge in [0, 0.05) is 25.2 Å². The SMILES string of the molecule is CCN(CC)S(=O)(=O)c1cccc(NC(=O)COC(=O)[C@]2(C)CC2(Cl)Cl)c1. The van der Waals surface area contributed by atoms with Gasteiger partial charge < -0.3 is 10.1 Å². The molecule has 1 aliphatic rings. The smallest absolute Gasteiger partial charge is 0.315 e. The highest BCUT2D eigenvalue weighted by Crippen LogP contribution is 2.64. The van der Waals surface area contributed by atoms with Gasteiger partial charge in [-0.3, -0.25) is 9.59 Å². The van der Waals surface area contributed by atoms with Crippen molar-refractivity contribution in [3.63, 3.8) is 0 Å². The van der Waals surface area contributed by atoms with Gasteiger partial charge in [-0.15, -0.1) is 23.2 Å². The van der Waals surface area contributed by atoms with Crippen LogP contribution >= 0.6 is 23.2 Å². The normalized spacial score (nSPS) is 21.0. The van der Waals surface area contributed by atoms with Crippen molar-refractivity contribution in [3.05, 3.63) is 24.3 Å². The van der Waals surface area contributed by atoms with Crippen molar-refractivity contribution >= 4 is 50.8 Å². The standard InChI is InChI=1S/C17H22Cl2N2O5S/c1-4-21(5-2)27(24,25)13-8-6-7-12(9-13)20-14(22)10-26-15(23)16(3)11-17(16,18)19/h6-9H,4-5,10-11H2,1-3H3,(H,20,22)/t16-/m0/s1. The minimum Gasteiger partial charge on any atom is -0.455 e. The number of halogens is 2. The van der Waals surface area contributed by atoms with E-state index >= 15 is 0 Å². The zero-order valence-corrected chi connectivity index (χ0v) is 17.6. The largest absolute Gasteiger partial charge is 0.455 e. The third-order valence-corrected chi connectivity index (χ3v) is 7.65. The van der Waals surface area contributed by atoms with Crippen molar-refractivity contribution < 1.29 is 22.7 Å². The monoisotopic (exact) mass is 436 g/mol. The average Bonchev–Trinajstić information content (AvgIpc) is 3.13. The number of carbonyl (C=O) groups is 2. The first-order chi connectivity index (χ1) is 12.5. The first kappa shape index (κ1) is 21.9. The van der Waals surface area contributed by atoms with E-state index in [1.807, 2.05) is 0 Å². The molecule has 7 nitrogen and oxygen atoms in total. The number of amides is 1. The molecule has 0 bridgehead atoms. The Morgan fingerprint density at radius 1 is 1.26 bits per heavy atom. The number of alkyl halides is 2. The van der Waals surface area contributed by atoms with E-state index < -0.39 is 38.3 Å². The van der Waals surface area contributed by atoms with E-state index in [0.29, 0.717) is 13.1 Å². The Labute approximate surface area is 169 Å². The summed E-state index contributed by atoms with van der Waals surface area (Å²) in [5.41, 5.74) is -0.736. The fraction of sp³-hybridized carbons (Fsp3) is 0.529. The zero-order chi connectivity index (χ0) is 20.5. The molecule has 0 saturated heterocycles. The van der Waals surface area contributed by atoms with Gasteiger partial charge >= 0.3 is 5.97 Å². The van der Waals surface area contributed by atoms with Crippen LogP contribution in [-0.2, 0) is 24.3 Å². The maximum atomic E-state index is 12.5. The number of hydrogen-bond donors (Lipinski definition) is 1. The molecule has 0 aliphatic heterocycles. The Bertz CT molecular complexity index is 839. The molecule has 1 fully saturated rings. The van der Waals surface area contributed by atoms with Gasteiger partial charge in [-0.1, -0.05) is 19.9 Å². The maximum absolute atomic E-state index is 12.5. The van der Waals surface area contributed by atoms with Crippen LogP contribution in [0.15, 0.2) is 29.2 Å². The van der Waals surface area contributed by atoms with Crippen LogP contribution in [0, 0.1) is 5.41 Å². The summed E-state index contributed by atoms with van der Waals surface area (Å²) in [6.45, 7) is 5.22. The summed E-state index contributed by atoms with van der Waals surface area (Å²) in [5, 5.41) is 2.51. The lowest BCUT2D eigenvalue weighted by Crippen LogP contribution is -2.30. The number of ether oxygens (including phenoxy) is 1. The third kappa shape index (κ3) is 4.56. The second-order valence-corrected chi connectivity index (χ2v) is 9.88. The molecule has 27 heavy (non-hydrogen) atoms. The molecule has 150 valence electrons. The molecule has 2 rings (SSSR count). The molecule has 0 spiro atoms. The summed E-state index contributed by atoms with van der Waals surface area (Å²) in [4.78, 5) is 24.1. The van der Waals surface area contributed by atoms with Gasteiger partial charge in [-0.05, 0) is 25.1 Å². The number of nitrogens with zero attached hydrogens (tertiary/aromatic N) is 1. The van der Waals surface area contributed by atoms with Crippen molar-refractivity contribution in [1.29, 1.82) is 0 Å². The number of anilines is 1. The quantitative estimate of drug-likeness (QED) is 0.499. The van der Waals surface area contributed by atoms with Gasteiger partial charge in [-0.25, -0.2) is 8.42 Å². The van der Waals surface area contributed by atoms with Crippen molar-refractivity contribution in [2.75, 3.05) is 25.0 Å². The van der Waals surface area contributed by atoms with Crippen molar-refractivity contribution in [1.82, 2.24) is 4.31 Å². The van der Waals surface area contributed by atoms with E-state index in [-0.39, 0.29) is 17.0 Å². The molecule has 1 N–H and O–H groups in total. The van der Waals surface area contributed by atoms with Crippen LogP contribution in [0.2, 0.25) is 0 Å². The van der Waals surface area contributed by atoms with Crippen molar-refractivity contribution in [2.24, 2.45) is 5.41 Å². The number of esters is 1. The van der Waals surface area contributed by atoms with Gasteiger partial charge in [0.2, 0.25) is 10.0 Å². The Balaban J connectivity index is 2.00. The van der Waals surface area contributed by atoms with E-state index in [1.165, 1.54) is 22.5 Å². The molecule has 0 aromatic heterocycles. The van der Waals surface area contributed by atoms with Crippen LogP contribution in [0.3, 0.4) is 0 Å². The number of rotatable bonds is 8. The minimum absolute atomic E-state index is 0.0700. The van der Waals surface area contributed by atoms with Gasteiger partial charge in [0.05, 0.1) is 4.90 Å². The fourth-order valence-corrected chi connectivity index (χ4v) is 4.75. The first-order valence-electron chi connectivity index (χ1n) is 8.43. The summed E-state index contributed by atoms with van der Waals surface area (Å²) in [7, 11) is -3.64. The van der Waals surface area contributed by atoms with Gasteiger partial charge in [0.15, 0.2) is 6.61 Å². The lowest BCUT2D eigenvalue weighted by atomic mass is 10.1. The Kier molecular flexibility index (Phi) is 6.46. The Morgan fingerprint density at radius 2 is 1.85 bits per heavy atom. The molecule has 1 amide bonds. The molecule has 1 aromatic rings. The summed E-state index contributed by atoms with van der Waals surface area (Å²) in [5.74, 6) is -1.25. The van der Waals surface area contributed by atoms with Crippen LogP contribution in [0.5, 0.6) is 0 Å². The maximum Gasteiger partial charge on any atom is 0.315 e. The molecular formula is C17H22Cl2N2O5S. The molecule has 0 radical (unpaired) electrons. The number of hydrogen-bond acceptors (Lipinski definition) is 5. The molecule has 1 atom stereocenters. The summed E-state index contributed by atoms with van der Waals surface area (Å²) in [6, 6.07) is 5.89. The highest BCUT2D eigenvalue weighted by Gasteiger charge is 2.69. The molecular weight excluding hydrogens is 415 g/mol. The second kappa shape index (κ2) is 7.95. The first-order valence-corrected chi connectivity index (χ1v) is 10.6. The average molecular weight is 437 g/mol. The Morgan fingerprint density at radius 3 is 2.37 bits per heavy atom. The molecule has 0 unspecified atom stereocenters. The van der Waals surface area contributed by atoms with E-state index in [2.05, 4.69) is 5.32 Å². The van der Waals surface area contributed by atoms with Crippen molar-refractivity contribution in [2.45, 2.75) is 36.4 Å². The number of benzene rings is 1. The van der Waals surface area contributed by atoms with E-state index in [9.17, 15) is 18.0 Å². The lowest BCUT2D eigenvalue weighted by molar-refractivity contribution is -0.152. The topological polar surface area (TPSA) is 92.8 Å². The zero-order valence-electron chi connectivity index (χ0n) is 15.3. The van der Waals surface area contributed by atoms with E-state index in [1.54, 1.807) is 26.8 Å². The summed E-state index contributed by atoms with van der Waals surface area (Å²) < 4.78 is 30.2. The minimum atomic E-state index is -3.64. The second-order valence-electron chi connectivity index (χ2n) is 6.45. The predicted molar refractivity (Wildman–Crippen MR) is 103 cm³/mol. The van der Waals surface area contributed by atoms with Crippen molar-refractivity contribution in [3.8, 4) is 0 Å². The predicted octanol–water partition coefficient (Wildman–Crippen LogP) is 2.78. The summed E-state index contributed by atoms with van der Waals surface area (Å²) >= 11 is 11.8. The highest BCUT2D eigenvalue weighted by molar-refractivity contribution is 7.89. The van der Waals surface area contributed by atoms with Crippen LogP contribution in [-0.4, -0.2) is 48.6 Å². The van der Waals surface area contributed by atoms with E-state index in [4.69, 9.17) is 27.9 Å². The van der Waals surface area contributed by atoms with E-state index in [0.717, 1.165) is 0 Å². The van der Waals surface area contributed by atoms with Gasteiger partial charge in [-0.2, -0.15) is 4.31 Å². The fourth-order valence-electron chi connectivity index (χ4n) is 2.56. The Hall–Kier alpha value is -1.35. The van der Waals surface area contributed by atoms with Gasteiger partial charge in [0.1, 0.15) is 9.75 Å². The number of carbonyl (C=O) groups excluding carboxylic acids is 2. The lowest BCUT2D eigenvalue weighted by Gasteiger charge is -2.19. The van der Waals surface area contributed by atoms with Gasteiger partial charge in [0.25, 0.3) is 5.91 Å². The molecule has 0 heterocycles. The number of nitrogens with one attached hydrogen (secondary N) is 1. The van der Waals surface area contributed by atoms with Crippen LogP contribution < -0.4 is 5.32 Å². The summed E-state index contributed by atoms with van der Waals surface area (Å²) in [6.07, 6.45) is 0.259. The molecule has 1 saturated carbocycles. The van der Waals surface area contributed by atoms with Crippen LogP contribution in [0.25, 0.3) is 0 Å². The third-order valence-electron chi connectivity index (χ3n) is 4.50. The van der Waals surface area contributed by atoms with Crippen LogP contribution in [0.1, 0.15) is 27.2 Å². The highest BCUT2D eigenvalue weighted by atomic mass is 35.5. The van der Waals surface area contributed by atoms with Crippen LogP contribution in [0.4, 0.5) is 5.69 Å². The molecule has 1 aromatic carbocycles.